The van der Waals surface area contributed by atoms with Gasteiger partial charge in [-0.25, -0.2) is 4.99 Å². The lowest BCUT2D eigenvalue weighted by Gasteiger charge is -2.05. The lowest BCUT2D eigenvalue weighted by atomic mass is 10.3. The molecule has 0 saturated heterocycles. The summed E-state index contributed by atoms with van der Waals surface area (Å²) < 4.78 is 36.9. The zero-order valence-corrected chi connectivity index (χ0v) is 8.85. The van der Waals surface area contributed by atoms with Crippen LogP contribution in [0.4, 0.5) is 18.9 Å². The van der Waals surface area contributed by atoms with Crippen molar-refractivity contribution >= 4 is 27.3 Å². The standard InChI is InChI=1S/C9H7BrF3N/c1-6(9(11,12)13)14-8-5-3-2-4-7(8)10/h2-5H,1H3. The Labute approximate surface area is 87.8 Å². The highest BCUT2D eigenvalue weighted by molar-refractivity contribution is 9.10. The second-order valence-corrected chi connectivity index (χ2v) is 3.50. The summed E-state index contributed by atoms with van der Waals surface area (Å²) in [6.07, 6.45) is -4.37. The lowest BCUT2D eigenvalue weighted by molar-refractivity contribution is -0.0591. The van der Waals surface area contributed by atoms with Gasteiger partial charge in [0.1, 0.15) is 5.71 Å². The minimum absolute atomic E-state index is 0.280. The molecule has 0 radical (unpaired) electrons. The van der Waals surface area contributed by atoms with E-state index < -0.39 is 11.9 Å². The molecule has 1 rings (SSSR count). The zero-order chi connectivity index (χ0) is 10.8. The van der Waals surface area contributed by atoms with E-state index in [9.17, 15) is 13.2 Å². The van der Waals surface area contributed by atoms with Gasteiger partial charge in [-0.1, -0.05) is 12.1 Å². The van der Waals surface area contributed by atoms with Crippen LogP contribution in [0.5, 0.6) is 0 Å². The van der Waals surface area contributed by atoms with E-state index >= 15 is 0 Å². The number of rotatable bonds is 1. The quantitative estimate of drug-likeness (QED) is 0.678. The summed E-state index contributed by atoms with van der Waals surface area (Å²) in [6, 6.07) is 6.50. The predicted octanol–water partition coefficient (Wildman–Crippen LogP) is 4.10. The number of aliphatic imine (C=N–C) groups is 1. The molecule has 0 fully saturated rings. The summed E-state index contributed by atoms with van der Waals surface area (Å²) in [4.78, 5) is 3.47. The molecule has 1 aromatic carbocycles. The molecule has 0 aliphatic carbocycles. The maximum Gasteiger partial charge on any atom is 0.429 e. The number of hydrogen-bond acceptors (Lipinski definition) is 1. The number of nitrogens with zero attached hydrogens (tertiary/aromatic N) is 1. The van der Waals surface area contributed by atoms with Crippen molar-refractivity contribution in [2.45, 2.75) is 13.1 Å². The van der Waals surface area contributed by atoms with Crippen molar-refractivity contribution in [2.75, 3.05) is 0 Å². The summed E-state index contributed by atoms with van der Waals surface area (Å²) in [5.74, 6) is 0. The van der Waals surface area contributed by atoms with E-state index in [4.69, 9.17) is 0 Å². The Kier molecular flexibility index (Phi) is 3.31. The van der Waals surface area contributed by atoms with Gasteiger partial charge >= 0.3 is 6.18 Å². The van der Waals surface area contributed by atoms with Gasteiger partial charge < -0.3 is 0 Å². The third-order valence-electron chi connectivity index (χ3n) is 1.55. The fourth-order valence-electron chi connectivity index (χ4n) is 0.786. The van der Waals surface area contributed by atoms with Gasteiger partial charge in [0.15, 0.2) is 0 Å². The largest absolute Gasteiger partial charge is 0.429 e. The summed E-state index contributed by atoms with van der Waals surface area (Å²) >= 11 is 3.12. The lowest BCUT2D eigenvalue weighted by Crippen LogP contribution is -2.18. The van der Waals surface area contributed by atoms with Crippen LogP contribution in [0, 0.1) is 0 Å². The van der Waals surface area contributed by atoms with Crippen LogP contribution in [-0.4, -0.2) is 11.9 Å². The van der Waals surface area contributed by atoms with Crippen molar-refractivity contribution in [1.29, 1.82) is 0 Å². The van der Waals surface area contributed by atoms with E-state index in [0.717, 1.165) is 6.92 Å². The van der Waals surface area contributed by atoms with Gasteiger partial charge in [0.2, 0.25) is 0 Å². The number of para-hydroxylation sites is 1. The van der Waals surface area contributed by atoms with Crippen LogP contribution in [0.3, 0.4) is 0 Å². The number of hydrogen-bond donors (Lipinski definition) is 0. The Hall–Kier alpha value is -0.840. The highest BCUT2D eigenvalue weighted by Gasteiger charge is 2.31. The van der Waals surface area contributed by atoms with Gasteiger partial charge in [-0.05, 0) is 35.0 Å². The van der Waals surface area contributed by atoms with Crippen molar-refractivity contribution in [3.8, 4) is 0 Å². The normalized spacial score (nSPS) is 13.1. The molecule has 0 saturated carbocycles. The number of benzene rings is 1. The van der Waals surface area contributed by atoms with Crippen molar-refractivity contribution < 1.29 is 13.2 Å². The molecule has 0 aromatic heterocycles. The monoisotopic (exact) mass is 265 g/mol. The van der Waals surface area contributed by atoms with E-state index in [-0.39, 0.29) is 5.69 Å². The first-order valence-corrected chi connectivity index (χ1v) is 4.57. The molecule has 76 valence electrons. The first kappa shape index (κ1) is 11.2. The minimum Gasteiger partial charge on any atom is -0.248 e. The van der Waals surface area contributed by atoms with Crippen LogP contribution in [0.25, 0.3) is 0 Å². The number of halogens is 4. The van der Waals surface area contributed by atoms with Crippen molar-refractivity contribution in [1.82, 2.24) is 0 Å². The molecule has 1 nitrogen and oxygen atoms in total. The van der Waals surface area contributed by atoms with Crippen LogP contribution in [0.15, 0.2) is 33.7 Å². The summed E-state index contributed by atoms with van der Waals surface area (Å²) in [7, 11) is 0. The minimum atomic E-state index is -4.37. The third kappa shape index (κ3) is 2.83. The molecule has 0 atom stereocenters. The van der Waals surface area contributed by atoms with Crippen LogP contribution in [0.2, 0.25) is 0 Å². The van der Waals surface area contributed by atoms with Gasteiger partial charge in [-0.3, -0.25) is 0 Å². The summed E-state index contributed by atoms with van der Waals surface area (Å²) in [5, 5.41) is 0. The van der Waals surface area contributed by atoms with Crippen molar-refractivity contribution in [3.63, 3.8) is 0 Å². The molecule has 5 heteroatoms. The van der Waals surface area contributed by atoms with Gasteiger partial charge in [0.05, 0.1) is 5.69 Å². The van der Waals surface area contributed by atoms with Crippen LogP contribution in [-0.2, 0) is 0 Å². The smallest absolute Gasteiger partial charge is 0.248 e. The molecule has 0 amide bonds. The van der Waals surface area contributed by atoms with Gasteiger partial charge in [-0.2, -0.15) is 13.2 Å². The van der Waals surface area contributed by atoms with E-state index in [0.29, 0.717) is 4.47 Å². The fourth-order valence-corrected chi connectivity index (χ4v) is 1.16. The molecule has 0 aliphatic rings. The van der Waals surface area contributed by atoms with Crippen LogP contribution in [0.1, 0.15) is 6.92 Å². The molecule has 0 spiro atoms. The Morgan fingerprint density at radius 3 is 2.36 bits per heavy atom. The Balaban J connectivity index is 3.04. The average Bonchev–Trinajstić information content (AvgIpc) is 2.07. The topological polar surface area (TPSA) is 12.4 Å². The molecular formula is C9H7BrF3N. The van der Waals surface area contributed by atoms with Crippen LogP contribution >= 0.6 is 15.9 Å². The maximum absolute atomic E-state index is 12.1. The highest BCUT2D eigenvalue weighted by atomic mass is 79.9. The Bertz CT molecular complexity index is 357. The van der Waals surface area contributed by atoms with Gasteiger partial charge in [0, 0.05) is 4.47 Å². The first-order valence-electron chi connectivity index (χ1n) is 3.78. The van der Waals surface area contributed by atoms with E-state index in [1.807, 2.05) is 0 Å². The molecule has 14 heavy (non-hydrogen) atoms. The molecule has 0 unspecified atom stereocenters. The molecule has 0 aliphatic heterocycles. The Morgan fingerprint density at radius 2 is 1.86 bits per heavy atom. The number of alkyl halides is 3. The maximum atomic E-state index is 12.1. The van der Waals surface area contributed by atoms with E-state index in [1.165, 1.54) is 6.07 Å². The highest BCUT2D eigenvalue weighted by Crippen LogP contribution is 2.27. The van der Waals surface area contributed by atoms with Crippen LogP contribution < -0.4 is 0 Å². The zero-order valence-electron chi connectivity index (χ0n) is 7.27. The first-order chi connectivity index (χ1) is 6.41. The summed E-state index contributed by atoms with van der Waals surface area (Å²) in [5.41, 5.74) is -0.577. The fraction of sp³-hybridized carbons (Fsp3) is 0.222. The molecule has 0 bridgehead atoms. The second-order valence-electron chi connectivity index (χ2n) is 2.65. The Morgan fingerprint density at radius 1 is 1.29 bits per heavy atom. The van der Waals surface area contributed by atoms with Gasteiger partial charge in [-0.15, -0.1) is 0 Å². The molecule has 0 N–H and O–H groups in total. The molecular weight excluding hydrogens is 259 g/mol. The van der Waals surface area contributed by atoms with E-state index in [2.05, 4.69) is 20.9 Å². The summed E-state index contributed by atoms with van der Waals surface area (Å²) in [6.45, 7) is 0.944. The van der Waals surface area contributed by atoms with Gasteiger partial charge in [0.25, 0.3) is 0 Å². The molecule has 1 aromatic rings. The average molecular weight is 266 g/mol. The second kappa shape index (κ2) is 4.13. The predicted molar refractivity (Wildman–Crippen MR) is 53.0 cm³/mol. The molecule has 0 heterocycles. The van der Waals surface area contributed by atoms with E-state index in [1.54, 1.807) is 18.2 Å². The third-order valence-corrected chi connectivity index (χ3v) is 2.22. The van der Waals surface area contributed by atoms with Crippen molar-refractivity contribution in [3.05, 3.63) is 28.7 Å². The van der Waals surface area contributed by atoms with Crippen molar-refractivity contribution in [2.24, 2.45) is 4.99 Å². The SMILES string of the molecule is CC(=Nc1ccccc1Br)C(F)(F)F.